The number of nitrogens with zero attached hydrogens (tertiary/aromatic N) is 4. The molecule has 0 amide bonds. The Morgan fingerprint density at radius 1 is 0.472 bits per heavy atom. The monoisotopic (exact) mass is 680 g/mol. The van der Waals surface area contributed by atoms with Crippen LogP contribution >= 0.6 is 0 Å². The summed E-state index contributed by atoms with van der Waals surface area (Å²) in [6.45, 7) is 4.60. The van der Waals surface area contributed by atoms with E-state index in [1.54, 1.807) is 0 Å². The highest BCUT2D eigenvalue weighted by Gasteiger charge is 2.37. The molecule has 3 heterocycles. The minimum Gasteiger partial charge on any atom is -0.454 e. The summed E-state index contributed by atoms with van der Waals surface area (Å²) in [7, 11) is 0. The molecule has 7 aromatic carbocycles. The first kappa shape index (κ1) is 29.8. The van der Waals surface area contributed by atoms with Crippen molar-refractivity contribution in [3.05, 3.63) is 169 Å². The van der Waals surface area contributed by atoms with Crippen molar-refractivity contribution in [2.75, 3.05) is 0 Å². The van der Waals surface area contributed by atoms with E-state index in [2.05, 4.69) is 146 Å². The molecule has 5 nitrogen and oxygen atoms in total. The third kappa shape index (κ3) is 4.28. The number of benzene rings is 7. The standard InChI is InChI=1S/C48H32N4O/c1-48(2)36-23-9-6-19-32(36)42-34(21-12-24-37(42)48)46-49-45(29-15-4-3-5-16-29)50-47(51-46)35-22-14-28-41-43(35)33-20-13-27-40(44(33)53-41)52-38-25-10-7-17-30(38)31-18-8-11-26-39(31)52/h3-28H,1-2H3. The predicted octanol–water partition coefficient (Wildman–Crippen LogP) is 12.2. The van der Waals surface area contributed by atoms with Crippen molar-refractivity contribution in [2.24, 2.45) is 0 Å². The Hall–Kier alpha value is -6.85. The van der Waals surface area contributed by atoms with Crippen LogP contribution in [0.5, 0.6) is 0 Å². The molecule has 1 aliphatic rings. The second-order valence-electron chi connectivity index (χ2n) is 14.4. The molecule has 0 bridgehead atoms. The van der Waals surface area contributed by atoms with Crippen LogP contribution in [0, 0.1) is 0 Å². The molecule has 53 heavy (non-hydrogen) atoms. The zero-order valence-electron chi connectivity index (χ0n) is 29.2. The third-order valence-corrected chi connectivity index (χ3v) is 11.1. The van der Waals surface area contributed by atoms with Gasteiger partial charge in [-0.15, -0.1) is 0 Å². The van der Waals surface area contributed by atoms with Gasteiger partial charge in [-0.1, -0.05) is 147 Å². The van der Waals surface area contributed by atoms with Gasteiger partial charge in [0.05, 0.1) is 16.7 Å². The highest BCUT2D eigenvalue weighted by atomic mass is 16.3. The van der Waals surface area contributed by atoms with E-state index in [9.17, 15) is 0 Å². The lowest BCUT2D eigenvalue weighted by Crippen LogP contribution is -2.14. The SMILES string of the molecule is CC1(C)c2ccccc2-c2c(-c3nc(-c4ccccc4)nc(-c4cccc5oc6c(-n7c8ccccc8c8ccccc87)cccc6c45)n3)cccc21. The van der Waals surface area contributed by atoms with E-state index in [1.165, 1.54) is 33.0 Å². The van der Waals surface area contributed by atoms with Gasteiger partial charge in [-0.2, -0.15) is 0 Å². The normalized spacial score (nSPS) is 13.2. The molecule has 0 unspecified atom stereocenters. The van der Waals surface area contributed by atoms with Gasteiger partial charge in [0.1, 0.15) is 5.58 Å². The molecule has 10 aromatic rings. The van der Waals surface area contributed by atoms with E-state index >= 15 is 0 Å². The summed E-state index contributed by atoms with van der Waals surface area (Å²) in [5.74, 6) is 1.88. The van der Waals surface area contributed by atoms with Gasteiger partial charge >= 0.3 is 0 Å². The third-order valence-electron chi connectivity index (χ3n) is 11.1. The van der Waals surface area contributed by atoms with Crippen molar-refractivity contribution < 1.29 is 4.42 Å². The van der Waals surface area contributed by atoms with Crippen LogP contribution in [-0.4, -0.2) is 19.5 Å². The Morgan fingerprint density at radius 3 is 1.83 bits per heavy atom. The summed E-state index contributed by atoms with van der Waals surface area (Å²) in [6, 6.07) is 55.1. The molecule has 250 valence electrons. The average molecular weight is 681 g/mol. The molecule has 5 heteroatoms. The smallest absolute Gasteiger partial charge is 0.164 e. The van der Waals surface area contributed by atoms with Crippen LogP contribution in [0.3, 0.4) is 0 Å². The van der Waals surface area contributed by atoms with Crippen LogP contribution in [0.4, 0.5) is 0 Å². The fourth-order valence-corrected chi connectivity index (χ4v) is 8.65. The quantitative estimate of drug-likeness (QED) is 0.186. The molecule has 0 saturated carbocycles. The van der Waals surface area contributed by atoms with Crippen molar-refractivity contribution >= 4 is 43.7 Å². The molecular formula is C48H32N4O. The Balaban J connectivity index is 1.18. The van der Waals surface area contributed by atoms with E-state index in [0.717, 1.165) is 55.3 Å². The predicted molar refractivity (Wildman–Crippen MR) is 215 cm³/mol. The summed E-state index contributed by atoms with van der Waals surface area (Å²) in [5, 5.41) is 4.41. The van der Waals surface area contributed by atoms with Crippen LogP contribution < -0.4 is 0 Å². The van der Waals surface area contributed by atoms with E-state index in [-0.39, 0.29) is 5.41 Å². The lowest BCUT2D eigenvalue weighted by molar-refractivity contribution is 0.660. The lowest BCUT2D eigenvalue weighted by Gasteiger charge is -2.21. The van der Waals surface area contributed by atoms with Gasteiger partial charge < -0.3 is 8.98 Å². The summed E-state index contributed by atoms with van der Waals surface area (Å²) in [4.78, 5) is 15.7. The Morgan fingerprint density at radius 2 is 1.04 bits per heavy atom. The molecule has 3 aromatic heterocycles. The van der Waals surface area contributed by atoms with E-state index in [0.29, 0.717) is 17.5 Å². The minimum absolute atomic E-state index is 0.143. The van der Waals surface area contributed by atoms with Crippen LogP contribution in [0.15, 0.2) is 162 Å². The number of hydrogen-bond acceptors (Lipinski definition) is 4. The summed E-state index contributed by atoms with van der Waals surface area (Å²) >= 11 is 0. The molecule has 0 atom stereocenters. The molecule has 11 rings (SSSR count). The lowest BCUT2D eigenvalue weighted by atomic mass is 9.82. The number of rotatable bonds is 4. The fourth-order valence-electron chi connectivity index (χ4n) is 8.65. The molecular weight excluding hydrogens is 649 g/mol. The van der Waals surface area contributed by atoms with Crippen LogP contribution in [0.1, 0.15) is 25.0 Å². The minimum atomic E-state index is -0.143. The molecule has 0 aliphatic heterocycles. The zero-order chi connectivity index (χ0) is 35.3. The topological polar surface area (TPSA) is 56.7 Å². The largest absolute Gasteiger partial charge is 0.454 e. The summed E-state index contributed by atoms with van der Waals surface area (Å²) in [6.07, 6.45) is 0. The van der Waals surface area contributed by atoms with Crippen molar-refractivity contribution in [3.63, 3.8) is 0 Å². The summed E-state index contributed by atoms with van der Waals surface area (Å²) < 4.78 is 9.15. The van der Waals surface area contributed by atoms with Gasteiger partial charge in [-0.3, -0.25) is 0 Å². The molecule has 0 N–H and O–H groups in total. The Kier molecular flexibility index (Phi) is 6.23. The maximum absolute atomic E-state index is 6.83. The van der Waals surface area contributed by atoms with E-state index in [4.69, 9.17) is 19.4 Å². The molecule has 0 saturated heterocycles. The maximum atomic E-state index is 6.83. The molecule has 0 fully saturated rings. The van der Waals surface area contributed by atoms with Crippen LogP contribution in [0.2, 0.25) is 0 Å². The molecule has 1 aliphatic carbocycles. The average Bonchev–Trinajstić information content (AvgIpc) is 3.84. The van der Waals surface area contributed by atoms with Gasteiger partial charge in [0.25, 0.3) is 0 Å². The van der Waals surface area contributed by atoms with Gasteiger partial charge in [0.15, 0.2) is 23.1 Å². The van der Waals surface area contributed by atoms with Gasteiger partial charge in [0, 0.05) is 43.7 Å². The first-order valence-electron chi connectivity index (χ1n) is 18.0. The molecule has 0 spiro atoms. The highest BCUT2D eigenvalue weighted by Crippen LogP contribution is 2.52. The first-order valence-corrected chi connectivity index (χ1v) is 18.0. The fraction of sp³-hybridized carbons (Fsp3) is 0.0625. The van der Waals surface area contributed by atoms with Gasteiger partial charge in [0.2, 0.25) is 0 Å². The second-order valence-corrected chi connectivity index (χ2v) is 14.4. The number of para-hydroxylation sites is 3. The maximum Gasteiger partial charge on any atom is 0.164 e. The van der Waals surface area contributed by atoms with Crippen LogP contribution in [0.25, 0.3) is 94.7 Å². The van der Waals surface area contributed by atoms with Crippen LogP contribution in [-0.2, 0) is 5.41 Å². The zero-order valence-corrected chi connectivity index (χ0v) is 29.2. The highest BCUT2D eigenvalue weighted by molar-refractivity contribution is 6.15. The Bertz CT molecular complexity index is 3040. The van der Waals surface area contributed by atoms with Crippen molar-refractivity contribution in [1.82, 2.24) is 19.5 Å². The van der Waals surface area contributed by atoms with Crippen molar-refractivity contribution in [1.29, 1.82) is 0 Å². The second kappa shape index (κ2) is 11.1. The van der Waals surface area contributed by atoms with Crippen molar-refractivity contribution in [3.8, 4) is 51.0 Å². The van der Waals surface area contributed by atoms with E-state index in [1.807, 2.05) is 30.3 Å². The first-order chi connectivity index (χ1) is 26.1. The van der Waals surface area contributed by atoms with Crippen molar-refractivity contribution in [2.45, 2.75) is 19.3 Å². The number of aromatic nitrogens is 4. The number of hydrogen-bond donors (Lipinski definition) is 0. The van der Waals surface area contributed by atoms with Gasteiger partial charge in [-0.05, 0) is 46.5 Å². The molecule has 0 radical (unpaired) electrons. The number of furan rings is 1. The Labute approximate surface area is 305 Å². The summed E-state index contributed by atoms with van der Waals surface area (Å²) in [5.41, 5.74) is 12.6. The van der Waals surface area contributed by atoms with E-state index < -0.39 is 0 Å². The van der Waals surface area contributed by atoms with Gasteiger partial charge in [-0.25, -0.2) is 15.0 Å². The number of fused-ring (bicyclic) bond motifs is 9.